The van der Waals surface area contributed by atoms with Gasteiger partial charge < -0.3 is 5.32 Å². The Balaban J connectivity index is 1.70. The highest BCUT2D eigenvalue weighted by molar-refractivity contribution is 5.97. The van der Waals surface area contributed by atoms with Gasteiger partial charge in [0.1, 0.15) is 5.82 Å². The Kier molecular flexibility index (Phi) is 3.53. The van der Waals surface area contributed by atoms with E-state index in [1.807, 2.05) is 35.2 Å². The van der Waals surface area contributed by atoms with E-state index in [1.54, 1.807) is 6.20 Å². The van der Waals surface area contributed by atoms with Gasteiger partial charge in [-0.1, -0.05) is 24.3 Å². The molecule has 0 spiro atoms. The molecule has 0 bridgehead atoms. The minimum atomic E-state index is -0.00949. The second-order valence-corrected chi connectivity index (χ2v) is 6.80. The molecular formula is C22H18N4O. The Labute approximate surface area is 156 Å². The molecule has 1 aliphatic heterocycles. The molecule has 5 rings (SSSR count). The standard InChI is InChI=1S/C22H18N4O/c1-14-4-7-18(17-3-2-9-23-20(14)17)21-24-11-12-26(21)16-6-5-15-8-10-25-22(27)19(15)13-16/h2-7,9,11-13H,8,10H2,1H3,(H,25,27). The summed E-state index contributed by atoms with van der Waals surface area (Å²) in [5.74, 6) is 0.828. The van der Waals surface area contributed by atoms with E-state index in [4.69, 9.17) is 0 Å². The quantitative estimate of drug-likeness (QED) is 0.597. The first-order chi connectivity index (χ1) is 13.2. The van der Waals surface area contributed by atoms with Gasteiger partial charge in [0.2, 0.25) is 0 Å². The van der Waals surface area contributed by atoms with Crippen LogP contribution in [0.4, 0.5) is 0 Å². The van der Waals surface area contributed by atoms with Gasteiger partial charge in [-0.3, -0.25) is 14.3 Å². The van der Waals surface area contributed by atoms with Crippen molar-refractivity contribution < 1.29 is 4.79 Å². The van der Waals surface area contributed by atoms with Crippen LogP contribution in [0.2, 0.25) is 0 Å². The number of carbonyl (C=O) groups excluding carboxylic acids is 1. The maximum atomic E-state index is 12.2. The first kappa shape index (κ1) is 15.8. The highest BCUT2D eigenvalue weighted by Crippen LogP contribution is 2.30. The average molecular weight is 354 g/mol. The number of imidazole rings is 1. The van der Waals surface area contributed by atoms with Crippen molar-refractivity contribution >= 4 is 16.8 Å². The molecule has 132 valence electrons. The van der Waals surface area contributed by atoms with Gasteiger partial charge in [0, 0.05) is 47.3 Å². The fraction of sp³-hybridized carbons (Fsp3) is 0.136. The molecular weight excluding hydrogens is 336 g/mol. The molecule has 0 fully saturated rings. The summed E-state index contributed by atoms with van der Waals surface area (Å²) in [6.07, 6.45) is 6.40. The first-order valence-electron chi connectivity index (χ1n) is 9.02. The lowest BCUT2D eigenvalue weighted by atomic mass is 9.99. The van der Waals surface area contributed by atoms with Crippen molar-refractivity contribution in [3.05, 3.63) is 77.7 Å². The molecule has 5 nitrogen and oxygen atoms in total. The van der Waals surface area contributed by atoms with Crippen molar-refractivity contribution in [1.29, 1.82) is 0 Å². The highest BCUT2D eigenvalue weighted by Gasteiger charge is 2.18. The van der Waals surface area contributed by atoms with Crippen LogP contribution in [0.5, 0.6) is 0 Å². The van der Waals surface area contributed by atoms with E-state index in [0.717, 1.165) is 51.1 Å². The van der Waals surface area contributed by atoms with Crippen LogP contribution in [0.3, 0.4) is 0 Å². The van der Waals surface area contributed by atoms with E-state index in [1.165, 1.54) is 0 Å². The van der Waals surface area contributed by atoms with Gasteiger partial charge in [-0.15, -0.1) is 0 Å². The summed E-state index contributed by atoms with van der Waals surface area (Å²) >= 11 is 0. The molecule has 1 N–H and O–H groups in total. The molecule has 0 saturated heterocycles. The third-order valence-electron chi connectivity index (χ3n) is 5.15. The minimum absolute atomic E-state index is 0.00949. The zero-order chi connectivity index (χ0) is 18.4. The summed E-state index contributed by atoms with van der Waals surface area (Å²) < 4.78 is 2.03. The Bertz CT molecular complexity index is 1190. The molecule has 0 radical (unpaired) electrons. The molecule has 1 aliphatic rings. The molecule has 0 atom stereocenters. The van der Waals surface area contributed by atoms with Crippen molar-refractivity contribution in [3.8, 4) is 17.1 Å². The van der Waals surface area contributed by atoms with Crippen LogP contribution >= 0.6 is 0 Å². The lowest BCUT2D eigenvalue weighted by molar-refractivity contribution is 0.0946. The van der Waals surface area contributed by atoms with E-state index in [9.17, 15) is 4.79 Å². The lowest BCUT2D eigenvalue weighted by Crippen LogP contribution is -2.31. The van der Waals surface area contributed by atoms with Crippen LogP contribution in [0.1, 0.15) is 21.5 Å². The predicted octanol–water partition coefficient (Wildman–Crippen LogP) is 3.68. The van der Waals surface area contributed by atoms with Crippen LogP contribution in [0, 0.1) is 6.92 Å². The van der Waals surface area contributed by atoms with Gasteiger partial charge in [-0.05, 0) is 42.7 Å². The van der Waals surface area contributed by atoms with Gasteiger partial charge in [-0.2, -0.15) is 0 Å². The molecule has 2 aromatic heterocycles. The predicted molar refractivity (Wildman–Crippen MR) is 105 cm³/mol. The lowest BCUT2D eigenvalue weighted by Gasteiger charge is -2.18. The van der Waals surface area contributed by atoms with Crippen LogP contribution < -0.4 is 5.32 Å². The van der Waals surface area contributed by atoms with Crippen molar-refractivity contribution in [1.82, 2.24) is 19.9 Å². The van der Waals surface area contributed by atoms with E-state index in [-0.39, 0.29) is 5.91 Å². The Morgan fingerprint density at radius 2 is 1.96 bits per heavy atom. The Morgan fingerprint density at radius 1 is 1.04 bits per heavy atom. The number of aromatic nitrogens is 3. The molecule has 27 heavy (non-hydrogen) atoms. The van der Waals surface area contributed by atoms with E-state index in [2.05, 4.69) is 46.5 Å². The van der Waals surface area contributed by atoms with Gasteiger partial charge in [-0.25, -0.2) is 4.98 Å². The number of pyridine rings is 1. The van der Waals surface area contributed by atoms with E-state index >= 15 is 0 Å². The highest BCUT2D eigenvalue weighted by atomic mass is 16.1. The Hall–Kier alpha value is -3.47. The smallest absolute Gasteiger partial charge is 0.251 e. The summed E-state index contributed by atoms with van der Waals surface area (Å²) in [5.41, 5.74) is 5.90. The number of hydrogen-bond donors (Lipinski definition) is 1. The molecule has 2 aromatic carbocycles. The van der Waals surface area contributed by atoms with Gasteiger partial charge in [0.25, 0.3) is 5.91 Å². The summed E-state index contributed by atoms with van der Waals surface area (Å²) in [5, 5.41) is 3.99. The SMILES string of the molecule is Cc1ccc(-c2nccn2-c2ccc3c(c2)C(=O)NCC3)c2cccnc12. The number of amides is 1. The number of aryl methyl sites for hydroxylation is 1. The fourth-order valence-electron chi connectivity index (χ4n) is 3.77. The van der Waals surface area contributed by atoms with E-state index in [0.29, 0.717) is 6.54 Å². The third kappa shape index (κ3) is 2.51. The Morgan fingerprint density at radius 3 is 2.89 bits per heavy atom. The van der Waals surface area contributed by atoms with Crippen LogP contribution in [0.15, 0.2) is 61.1 Å². The molecule has 0 unspecified atom stereocenters. The number of rotatable bonds is 2. The van der Waals surface area contributed by atoms with Gasteiger partial charge >= 0.3 is 0 Å². The van der Waals surface area contributed by atoms with E-state index < -0.39 is 0 Å². The summed E-state index contributed by atoms with van der Waals surface area (Å²) in [6, 6.07) is 14.2. The summed E-state index contributed by atoms with van der Waals surface area (Å²) in [7, 11) is 0. The average Bonchev–Trinajstić information content (AvgIpc) is 3.18. The zero-order valence-electron chi connectivity index (χ0n) is 14.9. The normalized spacial score (nSPS) is 13.4. The van der Waals surface area contributed by atoms with Gasteiger partial charge in [0.15, 0.2) is 0 Å². The minimum Gasteiger partial charge on any atom is -0.352 e. The number of hydrogen-bond acceptors (Lipinski definition) is 3. The van der Waals surface area contributed by atoms with Crippen LogP contribution in [0.25, 0.3) is 28.0 Å². The fourth-order valence-corrected chi connectivity index (χ4v) is 3.77. The molecule has 0 aliphatic carbocycles. The third-order valence-corrected chi connectivity index (χ3v) is 5.15. The largest absolute Gasteiger partial charge is 0.352 e. The number of benzene rings is 2. The first-order valence-corrected chi connectivity index (χ1v) is 9.02. The monoisotopic (exact) mass is 354 g/mol. The number of nitrogens with one attached hydrogen (secondary N) is 1. The van der Waals surface area contributed by atoms with Crippen LogP contribution in [-0.4, -0.2) is 27.0 Å². The van der Waals surface area contributed by atoms with Crippen LogP contribution in [-0.2, 0) is 6.42 Å². The summed E-state index contributed by atoms with van der Waals surface area (Å²) in [4.78, 5) is 21.4. The molecule has 4 aromatic rings. The molecule has 1 amide bonds. The van der Waals surface area contributed by atoms with Crippen molar-refractivity contribution in [2.75, 3.05) is 6.54 Å². The topological polar surface area (TPSA) is 59.8 Å². The summed E-state index contributed by atoms with van der Waals surface area (Å²) in [6.45, 7) is 2.76. The molecule has 3 heterocycles. The number of nitrogens with zero attached hydrogens (tertiary/aromatic N) is 3. The zero-order valence-corrected chi connectivity index (χ0v) is 14.9. The second kappa shape index (κ2) is 6.06. The molecule has 5 heteroatoms. The number of carbonyl (C=O) groups is 1. The number of fused-ring (bicyclic) bond motifs is 2. The van der Waals surface area contributed by atoms with Gasteiger partial charge in [0.05, 0.1) is 5.52 Å². The molecule has 0 saturated carbocycles. The maximum absolute atomic E-state index is 12.2. The second-order valence-electron chi connectivity index (χ2n) is 6.80. The van der Waals surface area contributed by atoms with Crippen molar-refractivity contribution in [2.45, 2.75) is 13.3 Å². The van der Waals surface area contributed by atoms with Crippen molar-refractivity contribution in [2.24, 2.45) is 0 Å². The van der Waals surface area contributed by atoms with Crippen molar-refractivity contribution in [3.63, 3.8) is 0 Å². The maximum Gasteiger partial charge on any atom is 0.251 e.